The maximum atomic E-state index is 10.3. The van der Waals surface area contributed by atoms with Crippen LogP contribution < -0.4 is 5.32 Å². The number of aliphatic hydroxyl groups is 1. The van der Waals surface area contributed by atoms with E-state index in [1.54, 1.807) is 18.5 Å². The van der Waals surface area contributed by atoms with Crippen LogP contribution in [0.2, 0.25) is 0 Å². The van der Waals surface area contributed by atoms with Gasteiger partial charge in [0.1, 0.15) is 6.10 Å². The Kier molecular flexibility index (Phi) is 3.40. The predicted octanol–water partition coefficient (Wildman–Crippen LogP) is 0.813. The van der Waals surface area contributed by atoms with Crippen molar-refractivity contribution in [3.8, 4) is 0 Å². The van der Waals surface area contributed by atoms with Crippen LogP contribution in [0.1, 0.15) is 21.3 Å². The van der Waals surface area contributed by atoms with Crippen molar-refractivity contribution in [2.45, 2.75) is 6.10 Å². The van der Waals surface area contributed by atoms with E-state index in [0.29, 0.717) is 12.1 Å². The number of hydrogen-bond donors (Lipinski definition) is 2. The quantitative estimate of drug-likeness (QED) is 0.683. The van der Waals surface area contributed by atoms with Crippen LogP contribution in [0.15, 0.2) is 11.4 Å². The summed E-state index contributed by atoms with van der Waals surface area (Å²) in [5, 5.41) is 14.1. The molecule has 0 saturated carbocycles. The van der Waals surface area contributed by atoms with Crippen LogP contribution in [0.5, 0.6) is 0 Å². The molecule has 1 unspecified atom stereocenters. The lowest BCUT2D eigenvalue weighted by Crippen LogP contribution is -2.15. The van der Waals surface area contributed by atoms with E-state index >= 15 is 0 Å². The third-order valence-corrected chi connectivity index (χ3v) is 2.55. The normalized spacial score (nSPS) is 12.8. The molecule has 0 amide bonds. The van der Waals surface area contributed by atoms with Gasteiger partial charge in [0.05, 0.1) is 0 Å². The summed E-state index contributed by atoms with van der Waals surface area (Å²) in [6.07, 6.45) is 0.278. The molecule has 0 saturated heterocycles. The molecule has 1 heterocycles. The van der Waals surface area contributed by atoms with Gasteiger partial charge in [-0.05, 0) is 13.1 Å². The van der Waals surface area contributed by atoms with E-state index < -0.39 is 6.10 Å². The zero-order chi connectivity index (χ0) is 8.97. The van der Waals surface area contributed by atoms with E-state index in [1.165, 1.54) is 11.3 Å². The lowest BCUT2D eigenvalue weighted by atomic mass is 10.2. The molecule has 1 aromatic heterocycles. The molecule has 0 spiro atoms. The summed E-state index contributed by atoms with van der Waals surface area (Å²) in [6, 6.07) is 1.71. The molecule has 0 radical (unpaired) electrons. The van der Waals surface area contributed by atoms with Gasteiger partial charge in [-0.3, -0.25) is 4.79 Å². The monoisotopic (exact) mass is 185 g/mol. The number of aliphatic hydroxyl groups excluding tert-OH is 1. The van der Waals surface area contributed by atoms with Gasteiger partial charge in [0.15, 0.2) is 6.29 Å². The fourth-order valence-corrected chi connectivity index (χ4v) is 1.74. The molecule has 0 fully saturated rings. The highest BCUT2D eigenvalue weighted by Gasteiger charge is 2.08. The van der Waals surface area contributed by atoms with E-state index in [-0.39, 0.29) is 0 Å². The Morgan fingerprint density at radius 3 is 3.08 bits per heavy atom. The second-order valence-corrected chi connectivity index (χ2v) is 3.42. The maximum absolute atomic E-state index is 10.3. The fraction of sp³-hybridized carbons (Fsp3) is 0.375. The molecule has 3 nitrogen and oxygen atoms in total. The molecule has 1 aromatic rings. The first-order valence-corrected chi connectivity index (χ1v) is 4.52. The lowest BCUT2D eigenvalue weighted by Gasteiger charge is -2.05. The number of hydrogen-bond acceptors (Lipinski definition) is 4. The van der Waals surface area contributed by atoms with E-state index in [4.69, 9.17) is 0 Å². The Morgan fingerprint density at radius 1 is 1.83 bits per heavy atom. The van der Waals surface area contributed by atoms with Crippen LogP contribution in [0, 0.1) is 0 Å². The molecule has 2 N–H and O–H groups in total. The van der Waals surface area contributed by atoms with E-state index in [1.807, 2.05) is 0 Å². The minimum absolute atomic E-state index is 0.506. The third kappa shape index (κ3) is 2.14. The van der Waals surface area contributed by atoms with Gasteiger partial charge in [-0.25, -0.2) is 0 Å². The molecule has 0 aliphatic rings. The zero-order valence-electron chi connectivity index (χ0n) is 6.78. The minimum atomic E-state index is -0.506. The summed E-state index contributed by atoms with van der Waals surface area (Å²) in [6.45, 7) is 0.513. The van der Waals surface area contributed by atoms with Crippen molar-refractivity contribution in [2.24, 2.45) is 0 Å². The number of thiophene rings is 1. The highest BCUT2D eigenvalue weighted by atomic mass is 32.1. The Bertz CT molecular complexity index is 259. The Morgan fingerprint density at radius 2 is 2.58 bits per heavy atom. The van der Waals surface area contributed by atoms with Gasteiger partial charge in [-0.2, -0.15) is 0 Å². The number of carbonyl (C=O) groups is 1. The third-order valence-electron chi connectivity index (χ3n) is 1.50. The van der Waals surface area contributed by atoms with Crippen molar-refractivity contribution in [1.82, 2.24) is 5.32 Å². The van der Waals surface area contributed by atoms with Crippen molar-refractivity contribution in [3.05, 3.63) is 21.9 Å². The number of carbonyl (C=O) groups excluding carboxylic acids is 1. The lowest BCUT2D eigenvalue weighted by molar-refractivity contribution is 0.112. The topological polar surface area (TPSA) is 49.3 Å². The number of aldehydes is 1. The van der Waals surface area contributed by atoms with Crippen LogP contribution in [0.3, 0.4) is 0 Å². The molecule has 0 aromatic carbocycles. The maximum Gasteiger partial charge on any atom is 0.150 e. The fourth-order valence-electron chi connectivity index (χ4n) is 0.899. The molecule has 4 heteroatoms. The number of nitrogens with one attached hydrogen (secondary N) is 1. The average molecular weight is 185 g/mol. The Balaban J connectivity index is 2.67. The van der Waals surface area contributed by atoms with Gasteiger partial charge in [-0.15, -0.1) is 11.3 Å². The first-order chi connectivity index (χ1) is 5.77. The summed E-state index contributed by atoms with van der Waals surface area (Å²) >= 11 is 1.40. The van der Waals surface area contributed by atoms with Gasteiger partial charge in [-0.1, -0.05) is 0 Å². The first kappa shape index (κ1) is 9.38. The highest BCUT2D eigenvalue weighted by molar-refractivity contribution is 7.10. The molecule has 1 rings (SSSR count). The smallest absolute Gasteiger partial charge is 0.150 e. The van der Waals surface area contributed by atoms with E-state index in [9.17, 15) is 9.90 Å². The van der Waals surface area contributed by atoms with Crippen molar-refractivity contribution < 1.29 is 9.90 Å². The first-order valence-electron chi connectivity index (χ1n) is 3.64. The van der Waals surface area contributed by atoms with Crippen LogP contribution in [-0.2, 0) is 0 Å². The molecule has 1 atom stereocenters. The molecular formula is C8H11NO2S. The van der Waals surface area contributed by atoms with E-state index in [2.05, 4.69) is 5.32 Å². The summed E-state index contributed by atoms with van der Waals surface area (Å²) in [5.41, 5.74) is 0.630. The van der Waals surface area contributed by atoms with Crippen LogP contribution >= 0.6 is 11.3 Å². The van der Waals surface area contributed by atoms with Crippen molar-refractivity contribution in [2.75, 3.05) is 13.6 Å². The van der Waals surface area contributed by atoms with Crippen LogP contribution in [0.4, 0.5) is 0 Å². The average Bonchev–Trinajstić information content (AvgIpc) is 2.52. The molecule has 12 heavy (non-hydrogen) atoms. The van der Waals surface area contributed by atoms with Crippen LogP contribution in [0.25, 0.3) is 0 Å². The summed E-state index contributed by atoms with van der Waals surface area (Å²) < 4.78 is 0. The summed E-state index contributed by atoms with van der Waals surface area (Å²) in [5.74, 6) is 0. The summed E-state index contributed by atoms with van der Waals surface area (Å²) in [7, 11) is 1.78. The number of rotatable bonds is 4. The Labute approximate surface area is 75.0 Å². The van der Waals surface area contributed by atoms with Gasteiger partial charge < -0.3 is 10.4 Å². The largest absolute Gasteiger partial charge is 0.386 e. The molecule has 0 aliphatic heterocycles. The highest BCUT2D eigenvalue weighted by Crippen LogP contribution is 2.20. The molecule has 0 bridgehead atoms. The minimum Gasteiger partial charge on any atom is -0.386 e. The van der Waals surface area contributed by atoms with Crippen molar-refractivity contribution in [3.63, 3.8) is 0 Å². The molecule has 66 valence electrons. The molecular weight excluding hydrogens is 174 g/mol. The van der Waals surface area contributed by atoms with Gasteiger partial charge in [0.2, 0.25) is 0 Å². The zero-order valence-corrected chi connectivity index (χ0v) is 7.60. The predicted molar refractivity (Wildman–Crippen MR) is 48.6 cm³/mol. The van der Waals surface area contributed by atoms with E-state index in [0.717, 1.165) is 11.2 Å². The van der Waals surface area contributed by atoms with Gasteiger partial charge in [0.25, 0.3) is 0 Å². The summed E-state index contributed by atoms with van der Waals surface area (Å²) in [4.78, 5) is 11.1. The van der Waals surface area contributed by atoms with Gasteiger partial charge >= 0.3 is 0 Å². The Hall–Kier alpha value is -0.710. The number of likely N-dealkylation sites (N-methyl/N-ethyl adjacent to an activating group) is 1. The SMILES string of the molecule is CNCC(O)c1cc(C=O)cs1. The van der Waals surface area contributed by atoms with Gasteiger partial charge in [0, 0.05) is 22.4 Å². The molecule has 0 aliphatic carbocycles. The van der Waals surface area contributed by atoms with Crippen molar-refractivity contribution >= 4 is 17.6 Å². The van der Waals surface area contributed by atoms with Crippen LogP contribution in [-0.4, -0.2) is 25.0 Å². The standard InChI is InChI=1S/C8H11NO2S/c1-9-3-7(11)8-2-6(4-10)5-12-8/h2,4-5,7,9,11H,3H2,1H3. The second kappa shape index (κ2) is 4.35. The second-order valence-electron chi connectivity index (χ2n) is 2.47. The van der Waals surface area contributed by atoms with Crippen molar-refractivity contribution in [1.29, 1.82) is 0 Å².